The smallest absolute Gasteiger partial charge is 0.291 e. The van der Waals surface area contributed by atoms with E-state index in [0.29, 0.717) is 5.71 Å². The van der Waals surface area contributed by atoms with Crippen LogP contribution in [0.4, 0.5) is 5.69 Å². The molecular formula is C20H16N2O2. The van der Waals surface area contributed by atoms with E-state index in [9.17, 15) is 4.79 Å². The Balaban J connectivity index is 1.73. The Morgan fingerprint density at radius 1 is 1.00 bits per heavy atom. The van der Waals surface area contributed by atoms with Gasteiger partial charge in [-0.3, -0.25) is 4.79 Å². The fraction of sp³-hybridized carbons (Fsp3) is 0.100. The van der Waals surface area contributed by atoms with Crippen LogP contribution in [0, 0.1) is 13.8 Å². The number of carbonyl (C=O) groups excluding carboxylic acids is 1. The van der Waals surface area contributed by atoms with Gasteiger partial charge >= 0.3 is 0 Å². The van der Waals surface area contributed by atoms with Gasteiger partial charge in [0.05, 0.1) is 5.52 Å². The second-order valence-electron chi connectivity index (χ2n) is 5.96. The zero-order valence-corrected chi connectivity index (χ0v) is 13.5. The summed E-state index contributed by atoms with van der Waals surface area (Å²) >= 11 is 0. The van der Waals surface area contributed by atoms with Crippen molar-refractivity contribution in [2.75, 3.05) is 5.32 Å². The minimum absolute atomic E-state index is 0.257. The molecule has 0 aliphatic rings. The molecule has 0 saturated carbocycles. The first kappa shape index (κ1) is 14.5. The van der Waals surface area contributed by atoms with Gasteiger partial charge in [-0.1, -0.05) is 30.3 Å². The predicted octanol–water partition coefficient (Wildman–Crippen LogP) is 4.85. The summed E-state index contributed by atoms with van der Waals surface area (Å²) in [6.07, 6.45) is 0. The number of nitrogens with zero attached hydrogens (tertiary/aromatic N) is 1. The first-order valence-corrected chi connectivity index (χ1v) is 7.78. The Kier molecular flexibility index (Phi) is 3.31. The lowest BCUT2D eigenvalue weighted by Crippen LogP contribution is -2.11. The maximum atomic E-state index is 12.5. The summed E-state index contributed by atoms with van der Waals surface area (Å²) in [7, 11) is 0. The molecule has 0 fully saturated rings. The molecule has 0 aliphatic carbocycles. The molecule has 118 valence electrons. The summed E-state index contributed by atoms with van der Waals surface area (Å²) in [6.45, 7) is 3.97. The van der Waals surface area contributed by atoms with Crippen LogP contribution in [0.5, 0.6) is 0 Å². The summed E-state index contributed by atoms with van der Waals surface area (Å²) in [5.41, 5.74) is 4.25. The SMILES string of the molecule is Cc1ccc2cc3cc(C(=O)Nc4ccccc4C)oc3nc2c1. The highest BCUT2D eigenvalue weighted by Crippen LogP contribution is 2.24. The lowest BCUT2D eigenvalue weighted by molar-refractivity contribution is 0.0998. The number of nitrogens with one attached hydrogen (secondary N) is 1. The molecule has 0 radical (unpaired) electrons. The third-order valence-corrected chi connectivity index (χ3v) is 4.08. The van der Waals surface area contributed by atoms with Crippen LogP contribution in [0.1, 0.15) is 21.7 Å². The first-order chi connectivity index (χ1) is 11.6. The molecule has 0 atom stereocenters. The quantitative estimate of drug-likeness (QED) is 0.575. The second kappa shape index (κ2) is 5.49. The van der Waals surface area contributed by atoms with Crippen molar-refractivity contribution in [1.82, 2.24) is 4.98 Å². The fourth-order valence-corrected chi connectivity index (χ4v) is 2.74. The number of aromatic nitrogens is 1. The molecular weight excluding hydrogens is 300 g/mol. The van der Waals surface area contributed by atoms with Crippen molar-refractivity contribution in [3.8, 4) is 0 Å². The Morgan fingerprint density at radius 2 is 1.83 bits per heavy atom. The van der Waals surface area contributed by atoms with Crippen molar-refractivity contribution in [3.63, 3.8) is 0 Å². The maximum absolute atomic E-state index is 12.5. The topological polar surface area (TPSA) is 55.1 Å². The minimum atomic E-state index is -0.275. The molecule has 4 rings (SSSR count). The lowest BCUT2D eigenvalue weighted by Gasteiger charge is -2.05. The highest BCUT2D eigenvalue weighted by atomic mass is 16.4. The largest absolute Gasteiger partial charge is 0.433 e. The summed E-state index contributed by atoms with van der Waals surface area (Å²) < 4.78 is 5.67. The van der Waals surface area contributed by atoms with E-state index in [4.69, 9.17) is 4.42 Å². The van der Waals surface area contributed by atoms with Crippen molar-refractivity contribution in [2.24, 2.45) is 0 Å². The molecule has 4 aromatic rings. The van der Waals surface area contributed by atoms with Crippen molar-refractivity contribution in [1.29, 1.82) is 0 Å². The Morgan fingerprint density at radius 3 is 2.67 bits per heavy atom. The highest BCUT2D eigenvalue weighted by molar-refractivity contribution is 6.05. The van der Waals surface area contributed by atoms with Gasteiger partial charge in [0.2, 0.25) is 5.71 Å². The van der Waals surface area contributed by atoms with E-state index < -0.39 is 0 Å². The van der Waals surface area contributed by atoms with Crippen molar-refractivity contribution in [2.45, 2.75) is 13.8 Å². The molecule has 2 aromatic carbocycles. The van der Waals surface area contributed by atoms with Gasteiger partial charge in [-0.2, -0.15) is 0 Å². The van der Waals surface area contributed by atoms with Crippen LogP contribution in [-0.2, 0) is 0 Å². The van der Waals surface area contributed by atoms with Crippen LogP contribution in [0.2, 0.25) is 0 Å². The lowest BCUT2D eigenvalue weighted by atomic mass is 10.1. The number of fused-ring (bicyclic) bond motifs is 2. The van der Waals surface area contributed by atoms with Gasteiger partial charge in [0.15, 0.2) is 5.76 Å². The summed E-state index contributed by atoms with van der Waals surface area (Å²) in [4.78, 5) is 17.0. The number of amides is 1. The Labute approximate surface area is 139 Å². The summed E-state index contributed by atoms with van der Waals surface area (Å²) in [5, 5.41) is 4.73. The molecule has 0 saturated heterocycles. The molecule has 0 bridgehead atoms. The number of hydrogen-bond donors (Lipinski definition) is 1. The molecule has 2 heterocycles. The number of furan rings is 1. The van der Waals surface area contributed by atoms with Gasteiger partial charge in [0, 0.05) is 16.5 Å². The Hall–Kier alpha value is -3.14. The number of rotatable bonds is 2. The molecule has 24 heavy (non-hydrogen) atoms. The second-order valence-corrected chi connectivity index (χ2v) is 5.96. The van der Waals surface area contributed by atoms with Crippen LogP contribution >= 0.6 is 0 Å². The fourth-order valence-electron chi connectivity index (χ4n) is 2.74. The summed E-state index contributed by atoms with van der Waals surface area (Å²) in [6, 6.07) is 17.4. The average Bonchev–Trinajstić information content (AvgIpc) is 2.97. The first-order valence-electron chi connectivity index (χ1n) is 7.78. The van der Waals surface area contributed by atoms with Crippen LogP contribution in [0.3, 0.4) is 0 Å². The third-order valence-electron chi connectivity index (χ3n) is 4.08. The van der Waals surface area contributed by atoms with Gasteiger partial charge in [-0.15, -0.1) is 0 Å². The van der Waals surface area contributed by atoms with Crippen LogP contribution in [0.15, 0.2) is 59.0 Å². The number of benzene rings is 2. The van der Waals surface area contributed by atoms with Gasteiger partial charge in [-0.05, 0) is 49.2 Å². The van der Waals surface area contributed by atoms with E-state index in [1.807, 2.05) is 62.4 Å². The molecule has 4 nitrogen and oxygen atoms in total. The predicted molar refractivity (Wildman–Crippen MR) is 95.4 cm³/mol. The zero-order valence-electron chi connectivity index (χ0n) is 13.5. The van der Waals surface area contributed by atoms with Crippen molar-refractivity contribution >= 4 is 33.6 Å². The zero-order chi connectivity index (χ0) is 16.7. The van der Waals surface area contributed by atoms with E-state index in [1.54, 1.807) is 6.07 Å². The standard InChI is InChI=1S/C20H16N2O2/c1-12-7-8-14-10-15-11-18(24-20(15)22-17(14)9-12)19(23)21-16-6-4-3-5-13(16)2/h3-11H,1-2H3,(H,21,23). The highest BCUT2D eigenvalue weighted by Gasteiger charge is 2.14. The molecule has 1 N–H and O–H groups in total. The Bertz CT molecular complexity index is 1080. The monoisotopic (exact) mass is 316 g/mol. The number of carbonyl (C=O) groups is 1. The molecule has 2 aromatic heterocycles. The summed E-state index contributed by atoms with van der Waals surface area (Å²) in [5.74, 6) is -0.0182. The molecule has 0 unspecified atom stereocenters. The van der Waals surface area contributed by atoms with Gasteiger partial charge < -0.3 is 9.73 Å². The van der Waals surface area contributed by atoms with E-state index in [1.165, 1.54) is 0 Å². The number of aryl methyl sites for hydroxylation is 2. The third kappa shape index (κ3) is 2.52. The average molecular weight is 316 g/mol. The number of para-hydroxylation sites is 1. The van der Waals surface area contributed by atoms with E-state index in [0.717, 1.165) is 33.1 Å². The van der Waals surface area contributed by atoms with Crippen molar-refractivity contribution < 1.29 is 9.21 Å². The number of pyridine rings is 1. The van der Waals surface area contributed by atoms with Crippen LogP contribution < -0.4 is 5.32 Å². The van der Waals surface area contributed by atoms with Crippen LogP contribution in [0.25, 0.3) is 22.0 Å². The molecule has 0 aliphatic heterocycles. The van der Waals surface area contributed by atoms with Gasteiger partial charge in [0.25, 0.3) is 5.91 Å². The van der Waals surface area contributed by atoms with Crippen LogP contribution in [-0.4, -0.2) is 10.9 Å². The molecule has 0 spiro atoms. The van der Waals surface area contributed by atoms with Gasteiger partial charge in [0.1, 0.15) is 0 Å². The van der Waals surface area contributed by atoms with E-state index >= 15 is 0 Å². The minimum Gasteiger partial charge on any atom is -0.433 e. The molecule has 4 heteroatoms. The maximum Gasteiger partial charge on any atom is 0.291 e. The number of hydrogen-bond acceptors (Lipinski definition) is 3. The van der Waals surface area contributed by atoms with Gasteiger partial charge in [-0.25, -0.2) is 4.98 Å². The van der Waals surface area contributed by atoms with Crippen molar-refractivity contribution in [3.05, 3.63) is 71.5 Å². The van der Waals surface area contributed by atoms with E-state index in [2.05, 4.69) is 10.3 Å². The normalized spacial score (nSPS) is 11.1. The van der Waals surface area contributed by atoms with E-state index in [-0.39, 0.29) is 11.7 Å². The molecule has 1 amide bonds. The number of anilines is 1.